The second-order valence-electron chi connectivity index (χ2n) is 9.58. The van der Waals surface area contributed by atoms with Crippen LogP contribution in [0.4, 0.5) is 34.1 Å². The van der Waals surface area contributed by atoms with E-state index in [4.69, 9.17) is 21.1 Å². The van der Waals surface area contributed by atoms with Crippen LogP contribution in [0.1, 0.15) is 0 Å². The Hall–Kier alpha value is -4.60. The third-order valence-corrected chi connectivity index (χ3v) is 8.08. The first-order valence-electron chi connectivity index (χ1n) is 13.6. The summed E-state index contributed by atoms with van der Waals surface area (Å²) < 4.78 is 76.8. The molecule has 0 atom stereocenters. The molecular formula is C29H23ClN9NaO8S2. The number of hydrogen-bond acceptors (Lipinski definition) is 14. The van der Waals surface area contributed by atoms with E-state index in [9.17, 15) is 25.9 Å². The van der Waals surface area contributed by atoms with Crippen LogP contribution in [0, 0.1) is 0 Å². The van der Waals surface area contributed by atoms with Crippen LogP contribution in [-0.2, 0) is 20.2 Å². The van der Waals surface area contributed by atoms with Crippen molar-refractivity contribution in [1.29, 1.82) is 0 Å². The summed E-state index contributed by atoms with van der Waals surface area (Å²) in [5, 5.41) is 16.1. The Morgan fingerprint density at radius 1 is 0.700 bits per heavy atom. The molecule has 0 aliphatic rings. The summed E-state index contributed by atoms with van der Waals surface area (Å²) >= 11 is 6.22. The van der Waals surface area contributed by atoms with Crippen LogP contribution in [0.5, 0.6) is 11.5 Å². The molecule has 0 aliphatic heterocycles. The van der Waals surface area contributed by atoms with Crippen molar-refractivity contribution < 1.29 is 65.0 Å². The first-order valence-corrected chi connectivity index (χ1v) is 16.8. The van der Waals surface area contributed by atoms with E-state index in [1.165, 1.54) is 62.8 Å². The standard InChI is InChI=1S/C29H24ClN9O8S2.Na/c1-46-25-15-19(38-36-17-5-3-7-21(13-17)48(40,41)42)9-11-23(25)31-28-33-27(30)34-29(35-28)32-24-12-10-20(16-26(24)47-2)39-37-18-6-4-8-22(14-18)49(43,44)45;/h3-16H,1-2H3,(H,40,41,42)(H,43,44,45)(H2,31,32,33,34,35);/q;+1/p-1. The predicted octanol–water partition coefficient (Wildman–Crippen LogP) is 2.86. The second-order valence-corrected chi connectivity index (χ2v) is 12.7. The molecule has 0 fully saturated rings. The maximum atomic E-state index is 11.4. The van der Waals surface area contributed by atoms with Crippen molar-refractivity contribution in [3.8, 4) is 11.5 Å². The molecule has 0 unspecified atom stereocenters. The van der Waals surface area contributed by atoms with Gasteiger partial charge in [0, 0.05) is 12.1 Å². The number of halogens is 1. The van der Waals surface area contributed by atoms with E-state index in [1.54, 1.807) is 30.3 Å². The van der Waals surface area contributed by atoms with E-state index in [1.807, 2.05) is 0 Å². The zero-order chi connectivity index (χ0) is 35.2. The molecule has 0 saturated carbocycles. The number of aromatic amines is 2. The Bertz CT molecular complexity index is 2300. The minimum Gasteiger partial charge on any atom is -0.744 e. The summed E-state index contributed by atoms with van der Waals surface area (Å²) in [5.41, 5.74) is 1.99. The second kappa shape index (κ2) is 16.4. The average Bonchev–Trinajstić information content (AvgIpc) is 3.06. The first-order chi connectivity index (χ1) is 23.3. The van der Waals surface area contributed by atoms with Crippen LogP contribution < -0.4 is 50.3 Å². The number of methoxy groups -OCH3 is 2. The normalized spacial score (nSPS) is 12.7. The van der Waals surface area contributed by atoms with Gasteiger partial charge in [0.25, 0.3) is 10.1 Å². The smallest absolute Gasteiger partial charge is 0.744 e. The third kappa shape index (κ3) is 10.2. The van der Waals surface area contributed by atoms with Gasteiger partial charge in [0.05, 0.1) is 46.8 Å². The molecule has 0 bridgehead atoms. The quantitative estimate of drug-likeness (QED) is 0.108. The van der Waals surface area contributed by atoms with Gasteiger partial charge >= 0.3 is 29.6 Å². The SMILES string of the molecule is COc1cc(N=Nc2cccc(S(=O)(=O)[O-])c2)ccc1N=c1nc(Cl)[nH]c(=Nc2ccc(N=Nc3cccc(S(=O)(=O)O)c3)cc2OC)[nH]1.[Na+]. The monoisotopic (exact) mass is 747 g/mol. The summed E-state index contributed by atoms with van der Waals surface area (Å²) in [4.78, 5) is 18.1. The number of rotatable bonds is 10. The summed E-state index contributed by atoms with van der Waals surface area (Å²) in [5.74, 6) is 0.602. The van der Waals surface area contributed by atoms with Gasteiger partial charge in [-0.3, -0.25) is 9.54 Å². The molecule has 50 heavy (non-hydrogen) atoms. The molecule has 0 radical (unpaired) electrons. The van der Waals surface area contributed by atoms with Gasteiger partial charge in [-0.05, 0) is 72.3 Å². The number of nitrogens with zero attached hydrogens (tertiary/aromatic N) is 7. The molecule has 0 spiro atoms. The Kier molecular flexibility index (Phi) is 12.5. The maximum absolute atomic E-state index is 11.4. The fourth-order valence-electron chi connectivity index (χ4n) is 4.01. The molecule has 5 aromatic rings. The Labute approximate surface area is 311 Å². The van der Waals surface area contributed by atoms with Gasteiger partial charge in [-0.25, -0.2) is 18.4 Å². The molecule has 0 saturated heterocycles. The molecule has 0 amide bonds. The van der Waals surface area contributed by atoms with Crippen LogP contribution in [0.2, 0.25) is 5.28 Å². The molecule has 1 aromatic heterocycles. The minimum atomic E-state index is -4.64. The first kappa shape index (κ1) is 38.2. The number of nitrogens with one attached hydrogen (secondary N) is 2. The molecular weight excluding hydrogens is 725 g/mol. The fourth-order valence-corrected chi connectivity index (χ4v) is 5.21. The number of hydrogen-bond donors (Lipinski definition) is 3. The maximum Gasteiger partial charge on any atom is 1.00 e. The van der Waals surface area contributed by atoms with Crippen molar-refractivity contribution in [2.45, 2.75) is 9.79 Å². The Balaban J connectivity index is 0.00000562. The van der Waals surface area contributed by atoms with Crippen molar-refractivity contribution in [1.82, 2.24) is 15.0 Å². The van der Waals surface area contributed by atoms with Crippen molar-refractivity contribution >= 4 is 66.0 Å². The van der Waals surface area contributed by atoms with E-state index < -0.39 is 25.1 Å². The Morgan fingerprint density at radius 2 is 1.18 bits per heavy atom. The molecule has 0 aliphatic carbocycles. The summed E-state index contributed by atoms with van der Waals surface area (Å²) in [6.07, 6.45) is 0. The van der Waals surface area contributed by atoms with Crippen molar-refractivity contribution in [2.24, 2.45) is 30.4 Å². The van der Waals surface area contributed by atoms with Crippen molar-refractivity contribution in [3.63, 3.8) is 0 Å². The minimum absolute atomic E-state index is 0. The zero-order valence-corrected chi connectivity index (χ0v) is 30.6. The van der Waals surface area contributed by atoms with Gasteiger partial charge in [0.2, 0.25) is 16.5 Å². The van der Waals surface area contributed by atoms with Crippen LogP contribution in [0.25, 0.3) is 0 Å². The topological polar surface area (TPSA) is 249 Å². The van der Waals surface area contributed by atoms with E-state index in [2.05, 4.69) is 45.4 Å². The molecule has 17 nitrogen and oxygen atoms in total. The molecule has 4 aromatic carbocycles. The number of benzene rings is 4. The third-order valence-electron chi connectivity index (χ3n) is 6.22. The number of azo groups is 2. The van der Waals surface area contributed by atoms with E-state index in [0.29, 0.717) is 34.2 Å². The van der Waals surface area contributed by atoms with Gasteiger partial charge in [-0.15, -0.1) is 0 Å². The van der Waals surface area contributed by atoms with E-state index in [-0.39, 0.29) is 62.3 Å². The Morgan fingerprint density at radius 3 is 1.68 bits per heavy atom. The van der Waals surface area contributed by atoms with Crippen LogP contribution >= 0.6 is 11.6 Å². The van der Waals surface area contributed by atoms with E-state index in [0.717, 1.165) is 6.07 Å². The van der Waals surface area contributed by atoms with Gasteiger partial charge in [0.15, 0.2) is 0 Å². The summed E-state index contributed by atoms with van der Waals surface area (Å²) in [6, 6.07) is 19.9. The van der Waals surface area contributed by atoms with Crippen LogP contribution in [0.3, 0.4) is 0 Å². The van der Waals surface area contributed by atoms with Crippen molar-refractivity contribution in [3.05, 3.63) is 101 Å². The van der Waals surface area contributed by atoms with Gasteiger partial charge < -0.3 is 19.0 Å². The number of aromatic nitrogens is 3. The molecule has 5 rings (SSSR count). The van der Waals surface area contributed by atoms with Gasteiger partial charge in [-0.2, -0.15) is 33.9 Å². The molecule has 3 N–H and O–H groups in total. The largest absolute Gasteiger partial charge is 1.00 e. The average molecular weight is 748 g/mol. The summed E-state index contributed by atoms with van der Waals surface area (Å²) in [6.45, 7) is 0. The van der Waals surface area contributed by atoms with Crippen LogP contribution in [-0.4, -0.2) is 55.1 Å². The number of ether oxygens (including phenoxy) is 2. The van der Waals surface area contributed by atoms with Crippen molar-refractivity contribution in [2.75, 3.05) is 14.2 Å². The zero-order valence-electron chi connectivity index (χ0n) is 26.2. The van der Waals surface area contributed by atoms with Gasteiger partial charge in [0.1, 0.15) is 33.0 Å². The summed E-state index contributed by atoms with van der Waals surface area (Å²) in [7, 11) is -6.18. The van der Waals surface area contributed by atoms with E-state index >= 15 is 0 Å². The molecule has 252 valence electrons. The fraction of sp³-hybridized carbons (Fsp3) is 0.0690. The van der Waals surface area contributed by atoms with Crippen LogP contribution in [0.15, 0.2) is 125 Å². The van der Waals surface area contributed by atoms with Gasteiger partial charge in [-0.1, -0.05) is 12.1 Å². The number of H-pyrrole nitrogens is 2. The predicted molar refractivity (Wildman–Crippen MR) is 173 cm³/mol. The molecule has 1 heterocycles. The molecule has 21 heteroatoms.